The van der Waals surface area contributed by atoms with Crippen LogP contribution in [0.2, 0.25) is 0 Å². The van der Waals surface area contributed by atoms with E-state index in [1.54, 1.807) is 4.90 Å². The largest absolute Gasteiger partial charge is 0.322 e. The van der Waals surface area contributed by atoms with Crippen LogP contribution in [0.3, 0.4) is 0 Å². The van der Waals surface area contributed by atoms with Crippen molar-refractivity contribution >= 4 is 17.7 Å². The van der Waals surface area contributed by atoms with Crippen molar-refractivity contribution in [2.45, 2.75) is 62.8 Å². The average molecular weight is 368 g/mol. The number of nitrogens with one attached hydrogen (secondary N) is 3. The fourth-order valence-electron chi connectivity index (χ4n) is 4.83. The summed E-state index contributed by atoms with van der Waals surface area (Å²) in [6, 6.07) is 5.99. The van der Waals surface area contributed by atoms with Crippen LogP contribution in [0, 0.1) is 0 Å². The summed E-state index contributed by atoms with van der Waals surface area (Å²) >= 11 is 0. The molecule has 5 rings (SSSR count). The third-order valence-corrected chi connectivity index (χ3v) is 6.57. The monoisotopic (exact) mass is 368 g/mol. The summed E-state index contributed by atoms with van der Waals surface area (Å²) in [4.78, 5) is 37.9. The highest BCUT2D eigenvalue weighted by atomic mass is 16.2. The summed E-state index contributed by atoms with van der Waals surface area (Å²) in [6.45, 7) is 2.33. The minimum Gasteiger partial charge on any atom is -0.322 e. The molecule has 142 valence electrons. The highest BCUT2D eigenvalue weighted by Gasteiger charge is 2.47. The van der Waals surface area contributed by atoms with Crippen molar-refractivity contribution in [2.24, 2.45) is 0 Å². The van der Waals surface area contributed by atoms with Gasteiger partial charge in [0.1, 0.15) is 6.04 Å². The second kappa shape index (κ2) is 6.14. The van der Waals surface area contributed by atoms with Gasteiger partial charge in [-0.3, -0.25) is 19.7 Å². The van der Waals surface area contributed by atoms with Gasteiger partial charge in [-0.1, -0.05) is 12.1 Å². The molecule has 3 N–H and O–H groups in total. The van der Waals surface area contributed by atoms with Gasteiger partial charge in [-0.05, 0) is 49.4 Å². The highest BCUT2D eigenvalue weighted by molar-refractivity contribution is 6.05. The van der Waals surface area contributed by atoms with E-state index in [1.165, 1.54) is 19.3 Å². The summed E-state index contributed by atoms with van der Waals surface area (Å²) < 4.78 is 0. The molecule has 3 fully saturated rings. The molecule has 1 spiro atoms. The Kier molecular flexibility index (Phi) is 3.84. The Labute approximate surface area is 157 Å². The Morgan fingerprint density at radius 3 is 2.74 bits per heavy atom. The fourth-order valence-corrected chi connectivity index (χ4v) is 4.83. The first-order valence-corrected chi connectivity index (χ1v) is 9.78. The lowest BCUT2D eigenvalue weighted by Gasteiger charge is -2.55. The molecule has 27 heavy (non-hydrogen) atoms. The predicted molar refractivity (Wildman–Crippen MR) is 97.7 cm³/mol. The maximum atomic E-state index is 12.8. The highest BCUT2D eigenvalue weighted by Crippen LogP contribution is 2.39. The quantitative estimate of drug-likeness (QED) is 0.671. The van der Waals surface area contributed by atoms with Crippen molar-refractivity contribution in [1.82, 2.24) is 20.9 Å². The first-order valence-electron chi connectivity index (χ1n) is 9.78. The number of carbonyl (C=O) groups is 3. The number of hydrogen-bond acceptors (Lipinski definition) is 5. The Morgan fingerprint density at radius 1 is 1.22 bits per heavy atom. The van der Waals surface area contributed by atoms with Crippen molar-refractivity contribution in [3.63, 3.8) is 0 Å². The van der Waals surface area contributed by atoms with Crippen molar-refractivity contribution in [1.29, 1.82) is 0 Å². The molecule has 7 nitrogen and oxygen atoms in total. The van der Waals surface area contributed by atoms with Gasteiger partial charge in [0.2, 0.25) is 11.8 Å². The Balaban J connectivity index is 1.23. The lowest BCUT2D eigenvalue weighted by molar-refractivity contribution is -0.136. The molecule has 0 aromatic heterocycles. The number of benzene rings is 1. The molecule has 1 unspecified atom stereocenters. The molecule has 1 aromatic carbocycles. The lowest BCUT2D eigenvalue weighted by Crippen LogP contribution is -2.68. The minimum atomic E-state index is -0.551. The van der Waals surface area contributed by atoms with E-state index in [0.717, 1.165) is 24.2 Å². The maximum absolute atomic E-state index is 12.8. The first kappa shape index (κ1) is 16.9. The second-order valence-electron chi connectivity index (χ2n) is 8.33. The fraction of sp³-hybridized carbons (Fsp3) is 0.550. The number of hydrogen-bond donors (Lipinski definition) is 3. The number of rotatable bonds is 4. The second-order valence-corrected chi connectivity index (χ2v) is 8.33. The van der Waals surface area contributed by atoms with E-state index in [1.807, 2.05) is 12.1 Å². The number of piperidine rings is 1. The van der Waals surface area contributed by atoms with Gasteiger partial charge in [0.25, 0.3) is 5.91 Å². The number of imide groups is 1. The topological polar surface area (TPSA) is 90.5 Å². The first-order chi connectivity index (χ1) is 13.0. The summed E-state index contributed by atoms with van der Waals surface area (Å²) in [5, 5.41) is 9.45. The number of nitrogens with zero attached hydrogens (tertiary/aromatic N) is 1. The zero-order chi connectivity index (χ0) is 18.6. The van der Waals surface area contributed by atoms with E-state index in [-0.39, 0.29) is 24.1 Å². The van der Waals surface area contributed by atoms with Crippen LogP contribution in [0.5, 0.6) is 0 Å². The number of amides is 3. The summed E-state index contributed by atoms with van der Waals surface area (Å²) in [5.74, 6) is -0.732. The van der Waals surface area contributed by atoms with Crippen molar-refractivity contribution in [3.8, 4) is 0 Å². The van der Waals surface area contributed by atoms with E-state index in [4.69, 9.17) is 0 Å². The van der Waals surface area contributed by atoms with Gasteiger partial charge in [-0.15, -0.1) is 0 Å². The summed E-state index contributed by atoms with van der Waals surface area (Å²) in [5.41, 5.74) is 3.14. The third kappa shape index (κ3) is 2.85. The van der Waals surface area contributed by atoms with Crippen molar-refractivity contribution < 1.29 is 14.4 Å². The molecule has 0 radical (unpaired) electrons. The van der Waals surface area contributed by atoms with Crippen molar-refractivity contribution in [3.05, 3.63) is 34.9 Å². The molecule has 0 bridgehead atoms. The molecular weight excluding hydrogens is 344 g/mol. The van der Waals surface area contributed by atoms with Crippen molar-refractivity contribution in [2.75, 3.05) is 6.54 Å². The molecule has 2 saturated heterocycles. The van der Waals surface area contributed by atoms with Gasteiger partial charge in [0.15, 0.2) is 0 Å². The average Bonchev–Trinajstić information content (AvgIpc) is 2.89. The van der Waals surface area contributed by atoms with Crippen LogP contribution >= 0.6 is 0 Å². The lowest BCUT2D eigenvalue weighted by atomic mass is 9.66. The van der Waals surface area contributed by atoms with Crippen LogP contribution < -0.4 is 16.0 Å². The van der Waals surface area contributed by atoms with Gasteiger partial charge in [0.05, 0.1) is 0 Å². The van der Waals surface area contributed by atoms with Crippen LogP contribution in [-0.2, 0) is 22.7 Å². The molecule has 3 aliphatic heterocycles. The number of carbonyl (C=O) groups excluding carboxylic acids is 3. The van der Waals surface area contributed by atoms with Gasteiger partial charge in [0, 0.05) is 36.7 Å². The Morgan fingerprint density at radius 2 is 2.04 bits per heavy atom. The molecule has 1 aliphatic carbocycles. The van der Waals surface area contributed by atoms with Crippen LogP contribution in [0.1, 0.15) is 53.6 Å². The zero-order valence-electron chi connectivity index (χ0n) is 15.2. The van der Waals surface area contributed by atoms with Gasteiger partial charge >= 0.3 is 0 Å². The molecule has 3 amide bonds. The zero-order valence-corrected chi connectivity index (χ0v) is 15.2. The predicted octanol–water partition coefficient (Wildman–Crippen LogP) is 0.432. The Bertz CT molecular complexity index is 825. The van der Waals surface area contributed by atoms with Gasteiger partial charge < -0.3 is 15.5 Å². The molecule has 4 aliphatic rings. The van der Waals surface area contributed by atoms with Gasteiger partial charge in [-0.2, -0.15) is 0 Å². The summed E-state index contributed by atoms with van der Waals surface area (Å²) in [6.07, 6.45) is 4.33. The number of fused-ring (bicyclic) bond motifs is 1. The molecule has 1 saturated carbocycles. The standard InChI is InChI=1S/C20H24N4O3/c25-17-4-3-16(18(26)23-17)24-11-13-2-1-12(7-15(13)19(24)27)10-21-14-8-20(9-14)5-6-22-20/h1-2,7,14,16,21-22H,3-6,8-11H2,(H,23,25,26). The van der Waals surface area contributed by atoms with Crippen LogP contribution in [0.15, 0.2) is 18.2 Å². The third-order valence-electron chi connectivity index (χ3n) is 6.57. The normalized spacial score (nSPS) is 32.1. The van der Waals surface area contributed by atoms with E-state index < -0.39 is 6.04 Å². The van der Waals surface area contributed by atoms with E-state index >= 15 is 0 Å². The minimum absolute atomic E-state index is 0.109. The maximum Gasteiger partial charge on any atom is 0.255 e. The van der Waals surface area contributed by atoms with Gasteiger partial charge in [-0.25, -0.2) is 0 Å². The smallest absolute Gasteiger partial charge is 0.255 e. The molecule has 3 heterocycles. The Hall–Kier alpha value is -2.25. The molecule has 1 atom stereocenters. The molecule has 7 heteroatoms. The van der Waals surface area contributed by atoms with Crippen LogP contribution in [0.4, 0.5) is 0 Å². The van der Waals surface area contributed by atoms with E-state index in [0.29, 0.717) is 30.1 Å². The summed E-state index contributed by atoms with van der Waals surface area (Å²) in [7, 11) is 0. The van der Waals surface area contributed by atoms with E-state index in [9.17, 15) is 14.4 Å². The molecule has 1 aromatic rings. The molecular formula is C20H24N4O3. The van der Waals surface area contributed by atoms with E-state index in [2.05, 4.69) is 22.0 Å². The van der Waals surface area contributed by atoms with Crippen LogP contribution in [0.25, 0.3) is 0 Å². The van der Waals surface area contributed by atoms with Crippen LogP contribution in [-0.4, -0.2) is 46.8 Å². The SMILES string of the molecule is O=C1CCC(N2Cc3ccc(CNC4CC5(CCN5)C4)cc3C2=O)C(=O)N1.